The van der Waals surface area contributed by atoms with Crippen molar-refractivity contribution in [3.63, 3.8) is 0 Å². The lowest BCUT2D eigenvalue weighted by Crippen LogP contribution is -2.32. The first-order valence-electron chi connectivity index (χ1n) is 9.02. The minimum atomic E-state index is -0.247. The van der Waals surface area contributed by atoms with Crippen LogP contribution in [-0.2, 0) is 4.79 Å². The molecule has 1 atom stereocenters. The van der Waals surface area contributed by atoms with Crippen molar-refractivity contribution in [2.45, 2.75) is 19.4 Å². The number of pyridine rings is 1. The van der Waals surface area contributed by atoms with Crippen molar-refractivity contribution in [1.82, 2.24) is 19.9 Å². The fourth-order valence-electron chi connectivity index (χ4n) is 2.90. The minimum Gasteiger partial charge on any atom is -0.480 e. The number of hydrogen-bond donors (Lipinski definition) is 2. The molecule has 0 aromatic carbocycles. The molecule has 29 heavy (non-hydrogen) atoms. The molecule has 1 aliphatic rings. The van der Waals surface area contributed by atoms with Gasteiger partial charge in [0.1, 0.15) is 10.7 Å². The van der Waals surface area contributed by atoms with Crippen LogP contribution >= 0.6 is 11.6 Å². The summed E-state index contributed by atoms with van der Waals surface area (Å²) in [6.45, 7) is 2.84. The number of nitrogens with zero attached hydrogens (tertiary/aromatic N) is 4. The number of amides is 2. The van der Waals surface area contributed by atoms with E-state index in [1.807, 2.05) is 0 Å². The Labute approximate surface area is 173 Å². The Morgan fingerprint density at radius 2 is 2.14 bits per heavy atom. The Morgan fingerprint density at radius 3 is 2.83 bits per heavy atom. The number of methoxy groups -OCH3 is 1. The van der Waals surface area contributed by atoms with E-state index >= 15 is 0 Å². The summed E-state index contributed by atoms with van der Waals surface area (Å²) in [6.07, 6.45) is 6.74. The van der Waals surface area contributed by atoms with Crippen LogP contribution < -0.4 is 15.4 Å². The molecule has 3 heterocycles. The number of allylic oxidation sites excluding steroid dienone is 1. The van der Waals surface area contributed by atoms with Gasteiger partial charge in [0.2, 0.25) is 17.7 Å². The molecule has 0 aliphatic carbocycles. The Morgan fingerprint density at radius 1 is 1.31 bits per heavy atom. The van der Waals surface area contributed by atoms with Crippen molar-refractivity contribution < 1.29 is 14.3 Å². The smallest absolute Gasteiger partial charge is 0.272 e. The van der Waals surface area contributed by atoms with Gasteiger partial charge >= 0.3 is 0 Å². The number of likely N-dealkylation sites (tertiary alicyclic amines) is 1. The van der Waals surface area contributed by atoms with Gasteiger partial charge in [-0.15, -0.1) is 0 Å². The van der Waals surface area contributed by atoms with E-state index in [4.69, 9.17) is 16.3 Å². The highest BCUT2D eigenvalue weighted by Crippen LogP contribution is 2.22. The van der Waals surface area contributed by atoms with Crippen LogP contribution in [0.4, 0.5) is 11.6 Å². The largest absolute Gasteiger partial charge is 0.480 e. The second-order valence-corrected chi connectivity index (χ2v) is 6.76. The lowest BCUT2D eigenvalue weighted by molar-refractivity contribution is -0.111. The van der Waals surface area contributed by atoms with Crippen molar-refractivity contribution in [2.24, 2.45) is 0 Å². The number of aromatic nitrogens is 3. The summed E-state index contributed by atoms with van der Waals surface area (Å²) in [6, 6.07) is 3.26. The second kappa shape index (κ2) is 9.33. The van der Waals surface area contributed by atoms with Gasteiger partial charge in [0.05, 0.1) is 25.2 Å². The maximum atomic E-state index is 12.7. The fourth-order valence-corrected chi connectivity index (χ4v) is 3.07. The highest BCUT2D eigenvalue weighted by atomic mass is 35.5. The first-order chi connectivity index (χ1) is 14.0. The van der Waals surface area contributed by atoms with Crippen LogP contribution in [-0.4, -0.2) is 57.9 Å². The molecule has 2 aromatic heterocycles. The summed E-state index contributed by atoms with van der Waals surface area (Å²) in [7, 11) is 1.48. The van der Waals surface area contributed by atoms with Gasteiger partial charge in [-0.25, -0.2) is 9.97 Å². The molecular weight excluding hydrogens is 396 g/mol. The summed E-state index contributed by atoms with van der Waals surface area (Å²) in [5.74, 6) is 0.268. The van der Waals surface area contributed by atoms with Crippen molar-refractivity contribution in [3.8, 4) is 5.88 Å². The highest BCUT2D eigenvalue weighted by Gasteiger charge is 2.28. The lowest BCUT2D eigenvalue weighted by atomic mass is 10.3. The van der Waals surface area contributed by atoms with Gasteiger partial charge in [-0.2, -0.15) is 4.98 Å². The van der Waals surface area contributed by atoms with Gasteiger partial charge in [-0.3, -0.25) is 9.59 Å². The number of halogens is 1. The van der Waals surface area contributed by atoms with Gasteiger partial charge < -0.3 is 20.3 Å². The molecule has 3 rings (SSSR count). The molecule has 9 nitrogen and oxygen atoms in total. The van der Waals surface area contributed by atoms with Gasteiger partial charge in [0, 0.05) is 19.1 Å². The maximum absolute atomic E-state index is 12.7. The van der Waals surface area contributed by atoms with E-state index in [-0.39, 0.29) is 17.9 Å². The predicted octanol–water partition coefficient (Wildman–Crippen LogP) is 2.37. The molecule has 2 aromatic rings. The summed E-state index contributed by atoms with van der Waals surface area (Å²) >= 11 is 5.94. The molecule has 152 valence electrons. The van der Waals surface area contributed by atoms with Crippen LogP contribution in [0.2, 0.25) is 5.02 Å². The van der Waals surface area contributed by atoms with Crippen molar-refractivity contribution in [3.05, 3.63) is 47.4 Å². The van der Waals surface area contributed by atoms with E-state index in [1.165, 1.54) is 25.6 Å². The van der Waals surface area contributed by atoms with Gasteiger partial charge in [0.15, 0.2) is 0 Å². The molecule has 0 unspecified atom stereocenters. The number of carbonyl (C=O) groups excluding carboxylic acids is 2. The van der Waals surface area contributed by atoms with Crippen LogP contribution in [0.5, 0.6) is 5.88 Å². The van der Waals surface area contributed by atoms with E-state index in [2.05, 4.69) is 25.6 Å². The quantitative estimate of drug-likeness (QED) is 0.695. The van der Waals surface area contributed by atoms with Crippen molar-refractivity contribution >= 4 is 35.1 Å². The SMILES string of the molecule is C/C=C/C(=O)Nc1ccc(C(=O)N2CC[C@@H](Nc3ncc(Cl)c(OC)n3)C2)nc1. The number of nitrogens with one attached hydrogen (secondary N) is 2. The molecule has 1 fully saturated rings. The first kappa shape index (κ1) is 20.5. The standard InChI is InChI=1S/C19H21ClN6O3/c1-3-4-16(27)23-12-5-6-15(21-9-12)18(28)26-8-7-13(11-26)24-19-22-10-14(20)17(25-19)29-2/h3-6,9-10,13H,7-8,11H2,1-2H3,(H,23,27)(H,22,24,25)/b4-3+/t13-/m1/s1. The fraction of sp³-hybridized carbons (Fsp3) is 0.316. The van der Waals surface area contributed by atoms with Crippen LogP contribution in [0.3, 0.4) is 0 Å². The third kappa shape index (κ3) is 5.20. The third-order valence-corrected chi connectivity index (χ3v) is 4.54. The number of anilines is 2. The summed E-state index contributed by atoms with van der Waals surface area (Å²) in [5, 5.41) is 6.19. The topological polar surface area (TPSA) is 109 Å². The molecule has 1 saturated heterocycles. The van der Waals surface area contributed by atoms with E-state index in [9.17, 15) is 9.59 Å². The second-order valence-electron chi connectivity index (χ2n) is 6.35. The molecule has 0 saturated carbocycles. The maximum Gasteiger partial charge on any atom is 0.272 e. The molecule has 0 bridgehead atoms. The lowest BCUT2D eigenvalue weighted by Gasteiger charge is -2.17. The van der Waals surface area contributed by atoms with Gasteiger partial charge in [0.25, 0.3) is 5.91 Å². The van der Waals surface area contributed by atoms with Gasteiger partial charge in [-0.05, 0) is 31.6 Å². The Kier molecular flexibility index (Phi) is 6.61. The van der Waals surface area contributed by atoms with E-state index < -0.39 is 0 Å². The average molecular weight is 417 g/mol. The van der Waals surface area contributed by atoms with Gasteiger partial charge in [-0.1, -0.05) is 17.7 Å². The number of carbonyl (C=O) groups is 2. The minimum absolute atomic E-state index is 0.00391. The summed E-state index contributed by atoms with van der Waals surface area (Å²) in [4.78, 5) is 38.5. The summed E-state index contributed by atoms with van der Waals surface area (Å²) in [5.41, 5.74) is 0.846. The van der Waals surface area contributed by atoms with Crippen LogP contribution in [0.1, 0.15) is 23.8 Å². The highest BCUT2D eigenvalue weighted by molar-refractivity contribution is 6.31. The third-order valence-electron chi connectivity index (χ3n) is 4.28. The van der Waals surface area contributed by atoms with Crippen molar-refractivity contribution in [2.75, 3.05) is 30.8 Å². The van der Waals surface area contributed by atoms with Crippen LogP contribution in [0.25, 0.3) is 0 Å². The zero-order valence-electron chi connectivity index (χ0n) is 16.1. The van der Waals surface area contributed by atoms with Crippen molar-refractivity contribution in [1.29, 1.82) is 0 Å². The molecular formula is C19H21ClN6O3. The molecule has 10 heteroatoms. The molecule has 1 aliphatic heterocycles. The Balaban J connectivity index is 1.58. The number of hydrogen-bond acceptors (Lipinski definition) is 7. The van der Waals surface area contributed by atoms with E-state index in [0.717, 1.165) is 6.42 Å². The average Bonchev–Trinajstić information content (AvgIpc) is 3.18. The first-order valence-corrected chi connectivity index (χ1v) is 9.40. The Bertz CT molecular complexity index is 919. The van der Waals surface area contributed by atoms with E-state index in [1.54, 1.807) is 30.0 Å². The molecule has 0 radical (unpaired) electrons. The molecule has 2 amide bonds. The monoisotopic (exact) mass is 416 g/mol. The summed E-state index contributed by atoms with van der Waals surface area (Å²) < 4.78 is 5.09. The predicted molar refractivity (Wildman–Crippen MR) is 109 cm³/mol. The van der Waals surface area contributed by atoms with E-state index in [0.29, 0.717) is 41.3 Å². The Hall–Kier alpha value is -3.20. The van der Waals surface area contributed by atoms with Crippen LogP contribution in [0.15, 0.2) is 36.7 Å². The normalized spacial score (nSPS) is 16.1. The number of rotatable bonds is 6. The van der Waals surface area contributed by atoms with Crippen LogP contribution in [0, 0.1) is 0 Å². The zero-order valence-corrected chi connectivity index (χ0v) is 16.8. The number of ether oxygens (including phenoxy) is 1. The molecule has 0 spiro atoms. The molecule has 2 N–H and O–H groups in total. The zero-order chi connectivity index (χ0) is 20.8.